The van der Waals surface area contributed by atoms with Crippen molar-refractivity contribution in [2.75, 3.05) is 62.3 Å². The van der Waals surface area contributed by atoms with Gasteiger partial charge in [0.1, 0.15) is 17.3 Å². The molecule has 0 unspecified atom stereocenters. The fraction of sp³-hybridized carbons (Fsp3) is 0.450. The zero-order chi connectivity index (χ0) is 21.3. The second-order valence-electron chi connectivity index (χ2n) is 7.58. The lowest BCUT2D eigenvalue weighted by Crippen LogP contribution is -2.49. The Morgan fingerprint density at radius 3 is 2.52 bits per heavy atom. The number of fused-ring (bicyclic) bond motifs is 1. The van der Waals surface area contributed by atoms with Crippen LogP contribution in [0.25, 0.3) is 11.0 Å². The molecule has 10 nitrogen and oxygen atoms in total. The van der Waals surface area contributed by atoms with E-state index in [1.165, 1.54) is 4.31 Å². The zero-order valence-corrected chi connectivity index (χ0v) is 17.9. The number of aromatic nitrogens is 3. The molecule has 0 atom stereocenters. The maximum absolute atomic E-state index is 13.0. The number of hydrogen-bond acceptors (Lipinski definition) is 9. The van der Waals surface area contributed by atoms with Crippen LogP contribution in [-0.4, -0.2) is 80.3 Å². The summed E-state index contributed by atoms with van der Waals surface area (Å²) in [5, 5.41) is 4.71. The molecule has 0 aliphatic carbocycles. The first-order valence-corrected chi connectivity index (χ1v) is 11.9. The van der Waals surface area contributed by atoms with E-state index in [9.17, 15) is 8.42 Å². The maximum Gasteiger partial charge on any atom is 0.227 e. The Kier molecular flexibility index (Phi) is 5.47. The normalized spacial score (nSPS) is 18.6. The number of morpholine rings is 1. The first-order chi connectivity index (χ1) is 15.1. The van der Waals surface area contributed by atoms with Crippen molar-refractivity contribution < 1.29 is 17.7 Å². The van der Waals surface area contributed by atoms with Crippen molar-refractivity contribution in [3.05, 3.63) is 42.2 Å². The first-order valence-electron chi connectivity index (χ1n) is 10.3. The highest BCUT2D eigenvalue weighted by atomic mass is 32.2. The third-order valence-electron chi connectivity index (χ3n) is 5.65. The summed E-state index contributed by atoms with van der Waals surface area (Å²) in [7, 11) is -3.50. The van der Waals surface area contributed by atoms with E-state index in [0.717, 1.165) is 24.3 Å². The van der Waals surface area contributed by atoms with E-state index >= 15 is 0 Å². The van der Waals surface area contributed by atoms with Crippen LogP contribution >= 0.6 is 0 Å². The van der Waals surface area contributed by atoms with Gasteiger partial charge in [0.15, 0.2) is 5.58 Å². The van der Waals surface area contributed by atoms with E-state index in [1.807, 2.05) is 24.3 Å². The SMILES string of the molecule is O=S(=O)(Cc1noc2ccccc12)N1CCN(c2ccnc(N3CCOCC3)n2)CC1. The molecule has 1 aromatic carbocycles. The predicted molar refractivity (Wildman–Crippen MR) is 115 cm³/mol. The van der Waals surface area contributed by atoms with E-state index in [-0.39, 0.29) is 5.75 Å². The second kappa shape index (κ2) is 8.40. The zero-order valence-electron chi connectivity index (χ0n) is 17.1. The van der Waals surface area contributed by atoms with Crippen LogP contribution in [0.2, 0.25) is 0 Å². The van der Waals surface area contributed by atoms with Crippen LogP contribution < -0.4 is 9.80 Å². The minimum Gasteiger partial charge on any atom is -0.378 e. The fourth-order valence-electron chi connectivity index (χ4n) is 3.93. The number of ether oxygens (including phenoxy) is 1. The monoisotopic (exact) mass is 444 g/mol. The van der Waals surface area contributed by atoms with Gasteiger partial charge < -0.3 is 19.1 Å². The van der Waals surface area contributed by atoms with Gasteiger partial charge in [-0.15, -0.1) is 0 Å². The van der Waals surface area contributed by atoms with Crippen LogP contribution in [0.15, 0.2) is 41.1 Å². The largest absolute Gasteiger partial charge is 0.378 e. The molecule has 4 heterocycles. The summed E-state index contributed by atoms with van der Waals surface area (Å²) in [6.45, 7) is 4.81. The van der Waals surface area contributed by atoms with Crippen LogP contribution in [0, 0.1) is 0 Å². The van der Waals surface area contributed by atoms with Gasteiger partial charge >= 0.3 is 0 Å². The van der Waals surface area contributed by atoms with E-state index in [4.69, 9.17) is 14.2 Å². The predicted octanol–water partition coefficient (Wildman–Crippen LogP) is 1.11. The molecule has 2 aromatic heterocycles. The van der Waals surface area contributed by atoms with Gasteiger partial charge in [0.05, 0.1) is 13.2 Å². The summed E-state index contributed by atoms with van der Waals surface area (Å²) >= 11 is 0. The molecular weight excluding hydrogens is 420 g/mol. The molecule has 164 valence electrons. The van der Waals surface area contributed by atoms with Crippen molar-refractivity contribution in [1.29, 1.82) is 0 Å². The molecular formula is C20H24N6O4S. The number of benzene rings is 1. The molecule has 0 radical (unpaired) electrons. The van der Waals surface area contributed by atoms with Crippen LogP contribution in [0.4, 0.5) is 11.8 Å². The maximum atomic E-state index is 13.0. The van der Waals surface area contributed by atoms with Crippen LogP contribution in [0.3, 0.4) is 0 Å². The highest BCUT2D eigenvalue weighted by Crippen LogP contribution is 2.23. The number of anilines is 2. The van der Waals surface area contributed by atoms with Gasteiger partial charge in [-0.05, 0) is 18.2 Å². The van der Waals surface area contributed by atoms with Crippen molar-refractivity contribution in [3.63, 3.8) is 0 Å². The van der Waals surface area contributed by atoms with E-state index in [2.05, 4.69) is 19.9 Å². The summed E-state index contributed by atoms with van der Waals surface area (Å²) in [6, 6.07) is 9.17. The van der Waals surface area contributed by atoms with Crippen molar-refractivity contribution in [3.8, 4) is 0 Å². The summed E-state index contributed by atoms with van der Waals surface area (Å²) in [4.78, 5) is 13.3. The Bertz CT molecular complexity index is 1150. The average Bonchev–Trinajstić information content (AvgIpc) is 3.22. The van der Waals surface area contributed by atoms with Crippen LogP contribution in [0.1, 0.15) is 5.69 Å². The smallest absolute Gasteiger partial charge is 0.227 e. The van der Waals surface area contributed by atoms with E-state index in [0.29, 0.717) is 56.6 Å². The molecule has 0 N–H and O–H groups in total. The van der Waals surface area contributed by atoms with Crippen molar-refractivity contribution in [1.82, 2.24) is 19.4 Å². The minimum atomic E-state index is -3.50. The highest BCUT2D eigenvalue weighted by molar-refractivity contribution is 7.88. The lowest BCUT2D eigenvalue weighted by molar-refractivity contribution is 0.122. The molecule has 0 spiro atoms. The second-order valence-corrected chi connectivity index (χ2v) is 9.55. The fourth-order valence-corrected chi connectivity index (χ4v) is 5.39. The highest BCUT2D eigenvalue weighted by Gasteiger charge is 2.29. The third-order valence-corrected chi connectivity index (χ3v) is 7.44. The molecule has 0 amide bonds. The average molecular weight is 445 g/mol. The molecule has 0 saturated carbocycles. The number of para-hydroxylation sites is 1. The Morgan fingerprint density at radius 2 is 1.71 bits per heavy atom. The lowest BCUT2D eigenvalue weighted by Gasteiger charge is -2.35. The summed E-state index contributed by atoms with van der Waals surface area (Å²) < 4.78 is 38.1. The first kappa shape index (κ1) is 20.2. The molecule has 11 heteroatoms. The topological polar surface area (TPSA) is 105 Å². The number of rotatable bonds is 5. The summed E-state index contributed by atoms with van der Waals surface area (Å²) in [5.41, 5.74) is 1.04. The molecule has 2 aliphatic rings. The van der Waals surface area contributed by atoms with Gasteiger partial charge in [-0.3, -0.25) is 0 Å². The Labute approximate surface area is 180 Å². The van der Waals surface area contributed by atoms with Crippen molar-refractivity contribution >= 4 is 32.8 Å². The summed E-state index contributed by atoms with van der Waals surface area (Å²) in [6.07, 6.45) is 1.76. The Balaban J connectivity index is 1.25. The number of nitrogens with zero attached hydrogens (tertiary/aromatic N) is 6. The molecule has 2 aliphatic heterocycles. The quantitative estimate of drug-likeness (QED) is 0.572. The Morgan fingerprint density at radius 1 is 0.935 bits per heavy atom. The van der Waals surface area contributed by atoms with E-state index < -0.39 is 10.0 Å². The van der Waals surface area contributed by atoms with Gasteiger partial charge in [0, 0.05) is 50.9 Å². The molecule has 5 rings (SSSR count). The van der Waals surface area contributed by atoms with Gasteiger partial charge in [0.25, 0.3) is 0 Å². The number of piperazine rings is 1. The third kappa shape index (κ3) is 4.21. The van der Waals surface area contributed by atoms with Crippen molar-refractivity contribution in [2.45, 2.75) is 5.75 Å². The summed E-state index contributed by atoms with van der Waals surface area (Å²) in [5.74, 6) is 1.34. The number of hydrogen-bond donors (Lipinski definition) is 0. The number of sulfonamides is 1. The molecule has 2 saturated heterocycles. The van der Waals surface area contributed by atoms with Gasteiger partial charge in [-0.2, -0.15) is 9.29 Å². The van der Waals surface area contributed by atoms with Crippen molar-refractivity contribution in [2.24, 2.45) is 0 Å². The Hall–Kier alpha value is -2.76. The lowest BCUT2D eigenvalue weighted by atomic mass is 10.2. The standard InChI is InChI=1S/C20H24N6O4S/c27-31(28,15-17-16-3-1-2-4-18(16)30-23-17)26-9-7-24(8-10-26)19-5-6-21-20(22-19)25-11-13-29-14-12-25/h1-6H,7-15H2. The molecule has 0 bridgehead atoms. The minimum absolute atomic E-state index is 0.168. The van der Waals surface area contributed by atoms with E-state index in [1.54, 1.807) is 12.3 Å². The molecule has 3 aromatic rings. The molecule has 31 heavy (non-hydrogen) atoms. The van der Waals surface area contributed by atoms with Gasteiger partial charge in [-0.1, -0.05) is 17.3 Å². The van der Waals surface area contributed by atoms with Crippen LogP contribution in [0.5, 0.6) is 0 Å². The van der Waals surface area contributed by atoms with Gasteiger partial charge in [0.2, 0.25) is 16.0 Å². The van der Waals surface area contributed by atoms with Crippen LogP contribution in [-0.2, 0) is 20.5 Å². The molecule has 2 fully saturated rings. The van der Waals surface area contributed by atoms with Gasteiger partial charge in [-0.25, -0.2) is 13.4 Å².